The fourth-order valence-corrected chi connectivity index (χ4v) is 13.8. The van der Waals surface area contributed by atoms with Crippen LogP contribution in [-0.2, 0) is 71.3 Å². The van der Waals surface area contributed by atoms with Gasteiger partial charge in [0.15, 0.2) is 16.8 Å². The van der Waals surface area contributed by atoms with E-state index in [2.05, 4.69) is 0 Å². The van der Waals surface area contributed by atoms with Gasteiger partial charge in [0.25, 0.3) is 11.9 Å². The third-order valence-corrected chi connectivity index (χ3v) is 16.1. The van der Waals surface area contributed by atoms with Crippen LogP contribution in [0, 0.1) is 22.2 Å². The summed E-state index contributed by atoms with van der Waals surface area (Å²) in [6.07, 6.45) is -5.29. The van der Waals surface area contributed by atoms with E-state index >= 15 is 0 Å². The van der Waals surface area contributed by atoms with Gasteiger partial charge in [0.05, 0.1) is 45.4 Å². The lowest BCUT2D eigenvalue weighted by atomic mass is 9.32. The summed E-state index contributed by atoms with van der Waals surface area (Å²) in [5.74, 6) is -8.10. The second-order valence-corrected chi connectivity index (χ2v) is 18.6. The van der Waals surface area contributed by atoms with E-state index in [1.165, 1.54) is 54.6 Å². The summed E-state index contributed by atoms with van der Waals surface area (Å²) in [4.78, 5) is 55.2. The van der Waals surface area contributed by atoms with Crippen molar-refractivity contribution >= 4 is 23.9 Å². The van der Waals surface area contributed by atoms with Crippen LogP contribution in [0.4, 0.5) is 0 Å². The van der Waals surface area contributed by atoms with E-state index in [9.17, 15) is 29.4 Å². The van der Waals surface area contributed by atoms with Gasteiger partial charge in [-0.1, -0.05) is 20.8 Å². The topological polar surface area (TPSA) is 227 Å². The summed E-state index contributed by atoms with van der Waals surface area (Å²) in [5, 5.41) is 27.4. The number of hydrogen-bond donors (Lipinski definition) is 2. The third-order valence-electron chi connectivity index (χ3n) is 16.1. The summed E-state index contributed by atoms with van der Waals surface area (Å²) >= 11 is 0. The molecule has 4 aliphatic carbocycles. The van der Waals surface area contributed by atoms with Gasteiger partial charge in [-0.25, -0.2) is 4.79 Å². The minimum absolute atomic E-state index is 0.166. The number of furan rings is 1. The summed E-state index contributed by atoms with van der Waals surface area (Å²) in [6.45, 7) is 12.6. The summed E-state index contributed by atoms with van der Waals surface area (Å²) < 4.78 is 75.7. The number of fused-ring (bicyclic) bond motifs is 2. The molecule has 320 valence electrons. The first-order chi connectivity index (χ1) is 26.9. The zero-order valence-electron chi connectivity index (χ0n) is 34.5. The Morgan fingerprint density at radius 3 is 2.16 bits per heavy atom. The van der Waals surface area contributed by atoms with Crippen molar-refractivity contribution in [3.63, 3.8) is 0 Å². The molecule has 0 aromatic carbocycles. The van der Waals surface area contributed by atoms with Gasteiger partial charge in [-0.05, 0) is 38.7 Å². The van der Waals surface area contributed by atoms with Crippen LogP contribution in [0.25, 0.3) is 0 Å². The molecule has 4 saturated carbocycles. The Morgan fingerprint density at radius 1 is 0.931 bits per heavy atom. The smallest absolute Gasteiger partial charge is 0.341 e. The molecule has 4 saturated heterocycles. The average Bonchev–Trinajstić information content (AvgIpc) is 3.74. The van der Waals surface area contributed by atoms with Crippen LogP contribution in [0.15, 0.2) is 23.0 Å². The minimum atomic E-state index is -2.28. The van der Waals surface area contributed by atoms with E-state index < -0.39 is 129 Å². The molecule has 9 rings (SSSR count). The molecule has 0 unspecified atom stereocenters. The van der Waals surface area contributed by atoms with Gasteiger partial charge < -0.3 is 66.7 Å². The maximum atomic E-state index is 14.3. The lowest BCUT2D eigenvalue weighted by Crippen LogP contribution is -2.97. The number of aliphatic hydroxyl groups is 2. The third kappa shape index (κ3) is 3.97. The highest BCUT2D eigenvalue weighted by Crippen LogP contribution is 2.90. The number of epoxide rings is 1. The number of carbonyl (C=O) groups is 4. The molecule has 4 bridgehead atoms. The molecule has 18 nitrogen and oxygen atoms in total. The van der Waals surface area contributed by atoms with Gasteiger partial charge in [-0.15, -0.1) is 0 Å². The number of methoxy groups -OCH3 is 3. The molecule has 2 N–H and O–H groups in total. The van der Waals surface area contributed by atoms with Crippen molar-refractivity contribution in [2.45, 2.75) is 157 Å². The zero-order valence-corrected chi connectivity index (χ0v) is 34.5. The van der Waals surface area contributed by atoms with Gasteiger partial charge in [0.2, 0.25) is 0 Å². The fourth-order valence-electron chi connectivity index (χ4n) is 13.8. The first kappa shape index (κ1) is 40.2. The standard InChI is InChI=1S/C40H52O18/c1-19-32(5,53-19)29(45)52-27-30(3)18-36(46)33(6,22(30)14-24(43)47-9)39-23(42)15-31(4,26(51-20(2)41)21-12-13-50-17-21)37(16-25(44)48-10)40(39,58-35(8,55-37)57-39)28-38(27,36)56-34(7,49-11)54-28/h12-13,17,19,22-23,26-28,42,46H,14-16,18H2,1-11H3/t19-,22+,23-,26+,27+,28-,30-,31+,32+,33-,34-,35-,36-,37+,38+,39+,40+/m1/s1. The van der Waals surface area contributed by atoms with Crippen LogP contribution in [0.5, 0.6) is 0 Å². The monoisotopic (exact) mass is 820 g/mol. The lowest BCUT2D eigenvalue weighted by molar-refractivity contribution is -0.468. The number of hydrogen-bond acceptors (Lipinski definition) is 18. The fraction of sp³-hybridized carbons (Fsp3) is 0.800. The number of esters is 4. The van der Waals surface area contributed by atoms with Gasteiger partial charge in [-0.2, -0.15) is 0 Å². The van der Waals surface area contributed by atoms with Gasteiger partial charge in [0.1, 0.15) is 35.1 Å². The van der Waals surface area contributed by atoms with Gasteiger partial charge in [0, 0.05) is 56.1 Å². The summed E-state index contributed by atoms with van der Waals surface area (Å²) in [7, 11) is 3.75. The number of aliphatic hydroxyl groups excluding tert-OH is 1. The van der Waals surface area contributed by atoms with Crippen LogP contribution in [-0.4, -0.2) is 125 Å². The first-order valence-corrected chi connectivity index (χ1v) is 19.6. The van der Waals surface area contributed by atoms with E-state index in [1.807, 2.05) is 0 Å². The molecule has 18 heteroatoms. The molecule has 2 spiro atoms. The highest BCUT2D eigenvalue weighted by Gasteiger charge is 3.07. The molecule has 0 amide bonds. The Bertz CT molecular complexity index is 1990. The van der Waals surface area contributed by atoms with Crippen molar-refractivity contribution in [1.82, 2.24) is 0 Å². The summed E-state index contributed by atoms with van der Waals surface area (Å²) in [5.41, 5.74) is -16.7. The Balaban J connectivity index is 1.41. The first-order valence-electron chi connectivity index (χ1n) is 19.6. The average molecular weight is 821 g/mol. The SMILES string of the molecule is COC(=O)C[C@H]1[C@@]2(C)C[C@]3(O)[C@]4(O[C@](C)(OC)O[C@H]4[C@]45O[C@]6(C)O[C@@]4(CC(=O)OC)[C@](C)([C@@H](OC(C)=O)c4ccoc4)C[C@@H](O)[C@]5(O6)[C@]13C)[C@H]2OC(=O)[C@@]1(C)O[C@@H]1C. The van der Waals surface area contributed by atoms with Gasteiger partial charge in [-0.3, -0.25) is 14.4 Å². The van der Waals surface area contributed by atoms with E-state index in [4.69, 9.17) is 56.5 Å². The van der Waals surface area contributed by atoms with Crippen LogP contribution in [0.2, 0.25) is 0 Å². The Morgan fingerprint density at radius 2 is 1.59 bits per heavy atom. The molecular formula is C40H52O18. The maximum absolute atomic E-state index is 14.3. The van der Waals surface area contributed by atoms with E-state index in [-0.39, 0.29) is 19.3 Å². The highest BCUT2D eigenvalue weighted by molar-refractivity contribution is 5.83. The Kier molecular flexibility index (Phi) is 7.89. The molecule has 1 aromatic rings. The molecule has 4 aliphatic heterocycles. The van der Waals surface area contributed by atoms with Crippen LogP contribution in [0.3, 0.4) is 0 Å². The molecule has 58 heavy (non-hydrogen) atoms. The minimum Gasteiger partial charge on any atom is -0.472 e. The Labute approximate surface area is 334 Å². The van der Waals surface area contributed by atoms with E-state index in [0.717, 1.165) is 0 Å². The molecule has 8 aliphatic rings. The number of ether oxygens (including phenoxy) is 11. The van der Waals surface area contributed by atoms with Gasteiger partial charge >= 0.3 is 23.9 Å². The quantitative estimate of drug-likeness (QED) is 0.196. The molecular weight excluding hydrogens is 768 g/mol. The van der Waals surface area contributed by atoms with Crippen LogP contribution in [0.1, 0.15) is 92.7 Å². The molecule has 5 heterocycles. The lowest BCUT2D eigenvalue weighted by Gasteiger charge is -2.78. The largest absolute Gasteiger partial charge is 0.472 e. The van der Waals surface area contributed by atoms with E-state index in [1.54, 1.807) is 40.7 Å². The maximum Gasteiger partial charge on any atom is 0.341 e. The highest BCUT2D eigenvalue weighted by atomic mass is 17.0. The van der Waals surface area contributed by atoms with E-state index in [0.29, 0.717) is 5.56 Å². The predicted molar refractivity (Wildman–Crippen MR) is 187 cm³/mol. The van der Waals surface area contributed by atoms with Crippen molar-refractivity contribution in [2.24, 2.45) is 22.2 Å². The second kappa shape index (κ2) is 11.4. The summed E-state index contributed by atoms with van der Waals surface area (Å²) in [6, 6.07) is 1.58. The second-order valence-electron chi connectivity index (χ2n) is 18.6. The number of carbonyl (C=O) groups excluding carboxylic acids is 4. The van der Waals surface area contributed by atoms with Crippen molar-refractivity contribution in [3.8, 4) is 0 Å². The molecule has 8 fully saturated rings. The molecule has 17 atom stereocenters. The normalized spacial score (nSPS) is 54.1. The predicted octanol–water partition coefficient (Wildman–Crippen LogP) is 2.10. The van der Waals surface area contributed by atoms with Crippen molar-refractivity contribution in [2.75, 3.05) is 21.3 Å². The van der Waals surface area contributed by atoms with Crippen molar-refractivity contribution in [1.29, 1.82) is 0 Å². The van der Waals surface area contributed by atoms with Crippen LogP contribution < -0.4 is 0 Å². The van der Waals surface area contributed by atoms with Crippen molar-refractivity contribution < 1.29 is 85.9 Å². The Hall–Kier alpha value is -3.20. The van der Waals surface area contributed by atoms with Crippen molar-refractivity contribution in [3.05, 3.63) is 24.2 Å². The number of rotatable bonds is 10. The zero-order chi connectivity index (χ0) is 42.3. The molecule has 1 aromatic heterocycles. The molecule has 0 radical (unpaired) electrons. The van der Waals surface area contributed by atoms with Crippen LogP contribution >= 0.6 is 0 Å².